The summed E-state index contributed by atoms with van der Waals surface area (Å²) in [5.74, 6) is -0.537. The van der Waals surface area contributed by atoms with Crippen LogP contribution in [0.4, 0.5) is 10.1 Å². The molecule has 0 spiro atoms. The number of halogens is 1. The van der Waals surface area contributed by atoms with Crippen LogP contribution in [-0.4, -0.2) is 10.2 Å². The van der Waals surface area contributed by atoms with E-state index in [2.05, 4.69) is 0 Å². The minimum atomic E-state index is -0.347. The maximum atomic E-state index is 13.0. The average Bonchev–Trinajstić information content (AvgIpc) is 2.84. The van der Waals surface area contributed by atoms with Gasteiger partial charge in [-0.3, -0.25) is 9.69 Å². The highest BCUT2D eigenvalue weighted by Gasteiger charge is 2.32. The SMILES string of the molecule is O=C1/C(=C\C=C\c2ccccc2)SC(=S)N1c1ccc(F)cc1. The lowest BCUT2D eigenvalue weighted by Gasteiger charge is -2.13. The lowest BCUT2D eigenvalue weighted by atomic mass is 10.2. The van der Waals surface area contributed by atoms with E-state index in [4.69, 9.17) is 12.2 Å². The third-order valence-electron chi connectivity index (χ3n) is 3.21. The third-order valence-corrected chi connectivity index (χ3v) is 4.53. The van der Waals surface area contributed by atoms with Crippen LogP contribution in [0.1, 0.15) is 5.56 Å². The number of hydrogen-bond donors (Lipinski definition) is 0. The van der Waals surface area contributed by atoms with Gasteiger partial charge in [-0.25, -0.2) is 4.39 Å². The Kier molecular flexibility index (Phi) is 4.69. The second kappa shape index (κ2) is 6.89. The summed E-state index contributed by atoms with van der Waals surface area (Å²) in [6.45, 7) is 0. The number of amides is 1. The van der Waals surface area contributed by atoms with Gasteiger partial charge in [0.15, 0.2) is 4.32 Å². The van der Waals surface area contributed by atoms with E-state index in [0.717, 1.165) is 5.56 Å². The van der Waals surface area contributed by atoms with Crippen molar-refractivity contribution in [2.45, 2.75) is 0 Å². The Morgan fingerprint density at radius 1 is 1.04 bits per heavy atom. The molecule has 114 valence electrons. The van der Waals surface area contributed by atoms with Crippen LogP contribution in [0.15, 0.2) is 71.7 Å². The van der Waals surface area contributed by atoms with E-state index < -0.39 is 0 Å². The molecular weight excluding hydrogens is 329 g/mol. The summed E-state index contributed by atoms with van der Waals surface area (Å²) in [4.78, 5) is 14.4. The zero-order valence-corrected chi connectivity index (χ0v) is 13.6. The molecule has 1 fully saturated rings. The van der Waals surface area contributed by atoms with E-state index in [1.54, 1.807) is 18.2 Å². The molecule has 0 saturated carbocycles. The zero-order chi connectivity index (χ0) is 16.2. The zero-order valence-electron chi connectivity index (χ0n) is 12.0. The van der Waals surface area contributed by atoms with Crippen LogP contribution in [0, 0.1) is 5.82 Å². The molecule has 0 unspecified atom stereocenters. The van der Waals surface area contributed by atoms with Crippen LogP contribution >= 0.6 is 24.0 Å². The number of allylic oxidation sites excluding steroid dienone is 2. The summed E-state index contributed by atoms with van der Waals surface area (Å²) in [6, 6.07) is 15.5. The molecule has 0 radical (unpaired) electrons. The van der Waals surface area contributed by atoms with Gasteiger partial charge in [0.05, 0.1) is 10.6 Å². The maximum Gasteiger partial charge on any atom is 0.270 e. The highest BCUT2D eigenvalue weighted by molar-refractivity contribution is 8.27. The van der Waals surface area contributed by atoms with E-state index in [-0.39, 0.29) is 11.7 Å². The summed E-state index contributed by atoms with van der Waals surface area (Å²) in [6.07, 6.45) is 5.49. The van der Waals surface area contributed by atoms with Gasteiger partial charge >= 0.3 is 0 Å². The summed E-state index contributed by atoms with van der Waals surface area (Å²) in [5, 5.41) is 0. The normalized spacial score (nSPS) is 16.7. The summed E-state index contributed by atoms with van der Waals surface area (Å²) >= 11 is 6.50. The van der Waals surface area contributed by atoms with Gasteiger partial charge < -0.3 is 0 Å². The van der Waals surface area contributed by atoms with Crippen molar-refractivity contribution in [3.63, 3.8) is 0 Å². The fraction of sp³-hybridized carbons (Fsp3) is 0. The number of nitrogens with zero attached hydrogens (tertiary/aromatic N) is 1. The lowest BCUT2D eigenvalue weighted by molar-refractivity contribution is -0.113. The maximum absolute atomic E-state index is 13.0. The number of thioether (sulfide) groups is 1. The number of rotatable bonds is 3. The summed E-state index contributed by atoms with van der Waals surface area (Å²) in [5.41, 5.74) is 1.63. The highest BCUT2D eigenvalue weighted by atomic mass is 32.2. The van der Waals surface area contributed by atoms with Gasteiger partial charge in [0.25, 0.3) is 5.91 Å². The molecule has 0 aromatic heterocycles. The predicted molar refractivity (Wildman–Crippen MR) is 97.6 cm³/mol. The molecule has 1 heterocycles. The molecule has 1 saturated heterocycles. The van der Waals surface area contributed by atoms with Crippen molar-refractivity contribution >= 4 is 46.0 Å². The van der Waals surface area contributed by atoms with Crippen molar-refractivity contribution in [3.8, 4) is 0 Å². The smallest absolute Gasteiger partial charge is 0.268 e. The minimum Gasteiger partial charge on any atom is -0.268 e. The van der Waals surface area contributed by atoms with E-state index in [0.29, 0.717) is 14.9 Å². The second-order valence-electron chi connectivity index (χ2n) is 4.79. The molecule has 2 aromatic rings. The first-order valence-corrected chi connectivity index (χ1v) is 8.13. The number of carbonyl (C=O) groups excluding carboxylic acids is 1. The minimum absolute atomic E-state index is 0.190. The predicted octanol–water partition coefficient (Wildman–Crippen LogP) is 4.79. The van der Waals surface area contributed by atoms with E-state index in [9.17, 15) is 9.18 Å². The Labute approximate surface area is 143 Å². The van der Waals surface area contributed by atoms with Crippen molar-refractivity contribution in [1.29, 1.82) is 0 Å². The summed E-state index contributed by atoms with van der Waals surface area (Å²) < 4.78 is 13.5. The Morgan fingerprint density at radius 2 is 1.74 bits per heavy atom. The Balaban J connectivity index is 1.79. The van der Waals surface area contributed by atoms with Gasteiger partial charge in [0, 0.05) is 0 Å². The third kappa shape index (κ3) is 3.57. The second-order valence-corrected chi connectivity index (χ2v) is 6.46. The molecule has 3 rings (SSSR count). The number of anilines is 1. The highest BCUT2D eigenvalue weighted by Crippen LogP contribution is 2.34. The molecule has 1 aliphatic rings. The number of hydrogen-bond acceptors (Lipinski definition) is 3. The van der Waals surface area contributed by atoms with Gasteiger partial charge in [-0.05, 0) is 35.9 Å². The Bertz CT molecular complexity index is 798. The van der Waals surface area contributed by atoms with Crippen LogP contribution in [0.3, 0.4) is 0 Å². The Morgan fingerprint density at radius 3 is 2.43 bits per heavy atom. The van der Waals surface area contributed by atoms with Crippen molar-refractivity contribution in [2.75, 3.05) is 4.90 Å². The van der Waals surface area contributed by atoms with Crippen LogP contribution in [0.5, 0.6) is 0 Å². The molecular formula is C18H12FNOS2. The molecule has 2 nitrogen and oxygen atoms in total. The van der Waals surface area contributed by atoms with Crippen molar-refractivity contribution < 1.29 is 9.18 Å². The molecule has 2 aromatic carbocycles. The fourth-order valence-corrected chi connectivity index (χ4v) is 3.36. The van der Waals surface area contributed by atoms with Crippen molar-refractivity contribution in [2.24, 2.45) is 0 Å². The van der Waals surface area contributed by atoms with Crippen LogP contribution in [0.2, 0.25) is 0 Å². The largest absolute Gasteiger partial charge is 0.270 e. The van der Waals surface area contributed by atoms with Gasteiger partial charge in [-0.15, -0.1) is 0 Å². The van der Waals surface area contributed by atoms with Gasteiger partial charge in [-0.2, -0.15) is 0 Å². The van der Waals surface area contributed by atoms with Gasteiger partial charge in [0.2, 0.25) is 0 Å². The van der Waals surface area contributed by atoms with Crippen LogP contribution < -0.4 is 4.90 Å². The first-order valence-electron chi connectivity index (χ1n) is 6.90. The van der Waals surface area contributed by atoms with Crippen LogP contribution in [0.25, 0.3) is 6.08 Å². The average molecular weight is 341 g/mol. The molecule has 0 N–H and O–H groups in total. The van der Waals surface area contributed by atoms with E-state index in [1.807, 2.05) is 42.5 Å². The monoisotopic (exact) mass is 341 g/mol. The number of thiocarbonyl (C=S) groups is 1. The fourth-order valence-electron chi connectivity index (χ4n) is 2.11. The first kappa shape index (κ1) is 15.6. The molecule has 1 aliphatic heterocycles. The van der Waals surface area contributed by atoms with Crippen molar-refractivity contribution in [3.05, 3.63) is 83.0 Å². The molecule has 0 atom stereocenters. The van der Waals surface area contributed by atoms with Crippen LogP contribution in [-0.2, 0) is 4.79 Å². The van der Waals surface area contributed by atoms with Gasteiger partial charge in [-0.1, -0.05) is 66.5 Å². The number of carbonyl (C=O) groups is 1. The van der Waals surface area contributed by atoms with E-state index in [1.165, 1.54) is 28.8 Å². The van der Waals surface area contributed by atoms with Gasteiger partial charge in [0.1, 0.15) is 5.82 Å². The summed E-state index contributed by atoms with van der Waals surface area (Å²) in [7, 11) is 0. The quantitative estimate of drug-likeness (QED) is 0.591. The molecule has 1 amide bonds. The van der Waals surface area contributed by atoms with E-state index >= 15 is 0 Å². The molecule has 23 heavy (non-hydrogen) atoms. The topological polar surface area (TPSA) is 20.3 Å². The lowest BCUT2D eigenvalue weighted by Crippen LogP contribution is -2.27. The molecule has 0 aliphatic carbocycles. The standard InChI is InChI=1S/C18H12FNOS2/c19-14-9-11-15(12-10-14)20-17(21)16(23-18(20)22)8-4-7-13-5-2-1-3-6-13/h1-12H/b7-4+,16-8+. The number of benzene rings is 2. The van der Waals surface area contributed by atoms with Crippen molar-refractivity contribution in [1.82, 2.24) is 0 Å². The first-order chi connectivity index (χ1) is 11.1. The molecule has 0 bridgehead atoms. The Hall–Kier alpha value is -2.24. The molecule has 5 heteroatoms.